The molecule has 4 nitrogen and oxygen atoms in total. The minimum absolute atomic E-state index is 0.279. The Hall–Kier alpha value is -2.23. The van der Waals surface area contributed by atoms with E-state index in [0.717, 1.165) is 0 Å². The summed E-state index contributed by atoms with van der Waals surface area (Å²) < 4.78 is 15.5. The zero-order valence-corrected chi connectivity index (χ0v) is 12.4. The van der Waals surface area contributed by atoms with Crippen LogP contribution in [0.25, 0.3) is 5.57 Å². The van der Waals surface area contributed by atoms with Gasteiger partial charge >= 0.3 is 5.97 Å². The van der Waals surface area contributed by atoms with Crippen LogP contribution in [0.1, 0.15) is 19.4 Å². The van der Waals surface area contributed by atoms with E-state index in [1.54, 1.807) is 25.3 Å². The number of hydrogen-bond acceptors (Lipinski definition) is 4. The summed E-state index contributed by atoms with van der Waals surface area (Å²) in [6, 6.07) is 5.21. The van der Waals surface area contributed by atoms with Crippen molar-refractivity contribution >= 4 is 11.5 Å². The first-order chi connectivity index (χ1) is 9.49. The van der Waals surface area contributed by atoms with Gasteiger partial charge in [-0.1, -0.05) is 18.2 Å². The maximum atomic E-state index is 11.4. The van der Waals surface area contributed by atoms with Crippen LogP contribution in [0.15, 0.2) is 36.4 Å². The smallest absolute Gasteiger partial charge is 0.337 e. The zero-order chi connectivity index (χ0) is 15.1. The van der Waals surface area contributed by atoms with E-state index in [2.05, 4.69) is 11.3 Å². The summed E-state index contributed by atoms with van der Waals surface area (Å²) in [5, 5.41) is 0. The first kappa shape index (κ1) is 15.8. The molecule has 0 bridgehead atoms. The van der Waals surface area contributed by atoms with Crippen LogP contribution in [0.5, 0.6) is 11.5 Å². The number of allylic oxidation sites excluding steroid dienone is 1. The van der Waals surface area contributed by atoms with Gasteiger partial charge in [0.15, 0.2) is 11.5 Å². The van der Waals surface area contributed by atoms with E-state index in [-0.39, 0.29) is 5.57 Å². The SMILES string of the molecule is C=C(C(=O)OC)c1ccc(OCC=C(C)C)c(OC)c1. The lowest BCUT2D eigenvalue weighted by atomic mass is 10.1. The third-order valence-electron chi connectivity index (χ3n) is 2.67. The van der Waals surface area contributed by atoms with Crippen LogP contribution in [0.4, 0.5) is 0 Å². The molecule has 0 N–H and O–H groups in total. The van der Waals surface area contributed by atoms with Gasteiger partial charge in [0.1, 0.15) is 6.61 Å². The standard InChI is InChI=1S/C16H20O4/c1-11(2)8-9-20-14-7-6-13(10-15(14)18-4)12(3)16(17)19-5/h6-8,10H,3,9H2,1-2,4-5H3. The fourth-order valence-electron chi connectivity index (χ4n) is 1.51. The van der Waals surface area contributed by atoms with Crippen LogP contribution in [-0.4, -0.2) is 26.8 Å². The molecule has 20 heavy (non-hydrogen) atoms. The van der Waals surface area contributed by atoms with E-state index < -0.39 is 5.97 Å². The summed E-state index contributed by atoms with van der Waals surface area (Å²) in [4.78, 5) is 11.4. The number of methoxy groups -OCH3 is 2. The molecule has 0 radical (unpaired) electrons. The van der Waals surface area contributed by atoms with E-state index in [4.69, 9.17) is 9.47 Å². The van der Waals surface area contributed by atoms with Crippen LogP contribution >= 0.6 is 0 Å². The lowest BCUT2D eigenvalue weighted by molar-refractivity contribution is -0.133. The molecule has 1 rings (SSSR count). The molecule has 0 aliphatic rings. The molecule has 0 amide bonds. The number of ether oxygens (including phenoxy) is 3. The Kier molecular flexibility index (Phi) is 5.84. The second-order valence-corrected chi connectivity index (χ2v) is 4.43. The number of esters is 1. The van der Waals surface area contributed by atoms with Gasteiger partial charge in [-0.3, -0.25) is 0 Å². The maximum absolute atomic E-state index is 11.4. The van der Waals surface area contributed by atoms with Gasteiger partial charge in [-0.15, -0.1) is 0 Å². The van der Waals surface area contributed by atoms with Gasteiger partial charge in [0.2, 0.25) is 0 Å². The van der Waals surface area contributed by atoms with Crippen molar-refractivity contribution in [2.24, 2.45) is 0 Å². The van der Waals surface area contributed by atoms with Gasteiger partial charge in [0.25, 0.3) is 0 Å². The lowest BCUT2D eigenvalue weighted by Gasteiger charge is -2.12. The second-order valence-electron chi connectivity index (χ2n) is 4.43. The number of hydrogen-bond donors (Lipinski definition) is 0. The molecule has 0 atom stereocenters. The predicted molar refractivity (Wildman–Crippen MR) is 79.0 cm³/mol. The van der Waals surface area contributed by atoms with E-state index in [1.807, 2.05) is 19.9 Å². The fourth-order valence-corrected chi connectivity index (χ4v) is 1.51. The minimum atomic E-state index is -0.467. The molecule has 0 spiro atoms. The van der Waals surface area contributed by atoms with Crippen molar-refractivity contribution in [2.75, 3.05) is 20.8 Å². The molecule has 1 aromatic rings. The highest BCUT2D eigenvalue weighted by Crippen LogP contribution is 2.30. The largest absolute Gasteiger partial charge is 0.493 e. The van der Waals surface area contributed by atoms with E-state index in [9.17, 15) is 4.79 Å². The molecule has 0 saturated heterocycles. The van der Waals surface area contributed by atoms with Gasteiger partial charge in [0, 0.05) is 0 Å². The average molecular weight is 276 g/mol. The van der Waals surface area contributed by atoms with E-state index >= 15 is 0 Å². The van der Waals surface area contributed by atoms with Crippen molar-refractivity contribution in [2.45, 2.75) is 13.8 Å². The Morgan fingerprint density at radius 3 is 2.50 bits per heavy atom. The second kappa shape index (κ2) is 7.38. The quantitative estimate of drug-likeness (QED) is 0.454. The molecule has 1 aromatic carbocycles. The molecule has 0 saturated carbocycles. The van der Waals surface area contributed by atoms with Crippen LogP contribution in [0.3, 0.4) is 0 Å². The molecule has 0 unspecified atom stereocenters. The van der Waals surface area contributed by atoms with E-state index in [0.29, 0.717) is 23.7 Å². The Bertz CT molecular complexity index is 525. The molecule has 0 aromatic heterocycles. The highest BCUT2D eigenvalue weighted by atomic mass is 16.5. The topological polar surface area (TPSA) is 44.8 Å². The molecule has 0 aliphatic carbocycles. The molecule has 0 heterocycles. The van der Waals surface area contributed by atoms with Crippen molar-refractivity contribution in [1.82, 2.24) is 0 Å². The monoisotopic (exact) mass is 276 g/mol. The summed E-state index contributed by atoms with van der Waals surface area (Å²) >= 11 is 0. The average Bonchev–Trinajstić information content (AvgIpc) is 2.45. The number of carbonyl (C=O) groups excluding carboxylic acids is 1. The molecular formula is C16H20O4. The Labute approximate surface area is 119 Å². The van der Waals surface area contributed by atoms with Gasteiger partial charge in [-0.25, -0.2) is 4.79 Å². The third kappa shape index (κ3) is 4.16. The summed E-state index contributed by atoms with van der Waals surface area (Å²) in [5.41, 5.74) is 2.10. The molecule has 0 fully saturated rings. The zero-order valence-electron chi connectivity index (χ0n) is 12.4. The van der Waals surface area contributed by atoms with Crippen molar-refractivity contribution in [3.05, 3.63) is 42.0 Å². The first-order valence-corrected chi connectivity index (χ1v) is 6.21. The van der Waals surface area contributed by atoms with E-state index in [1.165, 1.54) is 12.7 Å². The lowest BCUT2D eigenvalue weighted by Crippen LogP contribution is -2.03. The highest BCUT2D eigenvalue weighted by molar-refractivity contribution is 6.15. The van der Waals surface area contributed by atoms with Crippen LogP contribution < -0.4 is 9.47 Å². The first-order valence-electron chi connectivity index (χ1n) is 6.21. The van der Waals surface area contributed by atoms with Gasteiger partial charge in [-0.2, -0.15) is 0 Å². The summed E-state index contributed by atoms with van der Waals surface area (Å²) in [6.45, 7) is 8.18. The molecule has 108 valence electrons. The Balaban J connectivity index is 2.93. The number of carbonyl (C=O) groups is 1. The maximum Gasteiger partial charge on any atom is 0.337 e. The highest BCUT2D eigenvalue weighted by Gasteiger charge is 2.12. The summed E-state index contributed by atoms with van der Waals surface area (Å²) in [6.07, 6.45) is 1.97. The summed E-state index contributed by atoms with van der Waals surface area (Å²) in [5.74, 6) is 0.700. The van der Waals surface area contributed by atoms with Crippen molar-refractivity contribution in [1.29, 1.82) is 0 Å². The van der Waals surface area contributed by atoms with Crippen molar-refractivity contribution < 1.29 is 19.0 Å². The van der Waals surface area contributed by atoms with Crippen LogP contribution in [0.2, 0.25) is 0 Å². The molecule has 0 aliphatic heterocycles. The minimum Gasteiger partial charge on any atom is -0.493 e. The number of benzene rings is 1. The molecular weight excluding hydrogens is 256 g/mol. The van der Waals surface area contributed by atoms with Crippen LogP contribution in [0, 0.1) is 0 Å². The summed E-state index contributed by atoms with van der Waals surface area (Å²) in [7, 11) is 2.87. The van der Waals surface area contributed by atoms with Crippen molar-refractivity contribution in [3.8, 4) is 11.5 Å². The third-order valence-corrected chi connectivity index (χ3v) is 2.67. The van der Waals surface area contributed by atoms with Gasteiger partial charge < -0.3 is 14.2 Å². The van der Waals surface area contributed by atoms with Crippen molar-refractivity contribution in [3.63, 3.8) is 0 Å². The van der Waals surface area contributed by atoms with Gasteiger partial charge in [0.05, 0.1) is 19.8 Å². The van der Waals surface area contributed by atoms with Crippen LogP contribution in [-0.2, 0) is 9.53 Å². The normalized spacial score (nSPS) is 9.60. The Morgan fingerprint density at radius 2 is 1.95 bits per heavy atom. The molecule has 4 heteroatoms. The number of rotatable bonds is 6. The van der Waals surface area contributed by atoms with Gasteiger partial charge in [-0.05, 0) is 37.6 Å². The Morgan fingerprint density at radius 1 is 1.25 bits per heavy atom. The fraction of sp³-hybridized carbons (Fsp3) is 0.312. The predicted octanol–water partition coefficient (Wildman–Crippen LogP) is 3.23.